The number of hydrogen-bond donors (Lipinski definition) is 0. The standard InChI is InChI=1S/C38H22O2/c1-2-12-24-23(10-1)11-9-18-26(24)37-27-14-3-5-16-29(27)38(30-17-6-4-15-28(30)37)33-22-39-35-21-36-31(20-32(33)35)25-13-7-8-19-34(25)40-36/h1-22H/i1D,2D,3D,4D,5D,6D,9D,10D,11D,12D,14D,15D,16D,17D,18D. The van der Waals surface area contributed by atoms with Crippen LogP contribution in [0.15, 0.2) is 142 Å². The van der Waals surface area contributed by atoms with Crippen LogP contribution < -0.4 is 0 Å². The zero-order valence-electron chi connectivity index (χ0n) is 35.4. The molecule has 0 unspecified atom stereocenters. The molecule has 0 radical (unpaired) electrons. The van der Waals surface area contributed by atoms with E-state index in [1.165, 1.54) is 6.26 Å². The summed E-state index contributed by atoms with van der Waals surface area (Å²) in [6.45, 7) is 0. The van der Waals surface area contributed by atoms with Crippen LogP contribution >= 0.6 is 0 Å². The van der Waals surface area contributed by atoms with Crippen LogP contribution in [0.1, 0.15) is 20.6 Å². The molecule has 0 spiro atoms. The zero-order valence-corrected chi connectivity index (χ0v) is 20.4. The maximum absolute atomic E-state index is 9.31. The summed E-state index contributed by atoms with van der Waals surface area (Å²) in [5.74, 6) is 0. The monoisotopic (exact) mass is 525 g/mol. The van der Waals surface area contributed by atoms with Gasteiger partial charge in [0, 0.05) is 33.4 Å². The largest absolute Gasteiger partial charge is 0.464 e. The van der Waals surface area contributed by atoms with E-state index in [9.17, 15) is 6.85 Å². The molecule has 0 aliphatic carbocycles. The van der Waals surface area contributed by atoms with Gasteiger partial charge >= 0.3 is 0 Å². The summed E-state index contributed by atoms with van der Waals surface area (Å²) < 4.78 is 145. The highest BCUT2D eigenvalue weighted by molar-refractivity contribution is 6.25. The molecule has 40 heavy (non-hydrogen) atoms. The van der Waals surface area contributed by atoms with Crippen LogP contribution in [0, 0.1) is 0 Å². The van der Waals surface area contributed by atoms with Gasteiger partial charge in [0.15, 0.2) is 0 Å². The van der Waals surface area contributed by atoms with E-state index >= 15 is 0 Å². The number of benzene rings is 7. The molecule has 9 rings (SSSR count). The van der Waals surface area contributed by atoms with E-state index < -0.39 is 107 Å². The van der Waals surface area contributed by atoms with Crippen molar-refractivity contribution in [2.75, 3.05) is 0 Å². The summed E-state index contributed by atoms with van der Waals surface area (Å²) in [4.78, 5) is 0. The maximum atomic E-state index is 9.31. The Morgan fingerprint density at radius 3 is 1.82 bits per heavy atom. The fourth-order valence-electron chi connectivity index (χ4n) is 5.58. The van der Waals surface area contributed by atoms with Crippen LogP contribution in [0.3, 0.4) is 0 Å². The van der Waals surface area contributed by atoms with Crippen LogP contribution in [0.5, 0.6) is 0 Å². The number of fused-ring (bicyclic) bond motifs is 7. The average Bonchev–Trinajstić information content (AvgIpc) is 3.76. The predicted octanol–water partition coefficient (Wildman–Crippen LogP) is 11.1. The number of hydrogen-bond acceptors (Lipinski definition) is 2. The molecule has 0 atom stereocenters. The highest BCUT2D eigenvalue weighted by atomic mass is 16.3. The Kier molecular flexibility index (Phi) is 2.39. The van der Waals surface area contributed by atoms with E-state index in [-0.39, 0.29) is 38.2 Å². The van der Waals surface area contributed by atoms with Crippen LogP contribution in [0.2, 0.25) is 0 Å². The molecule has 0 saturated carbocycles. The predicted molar refractivity (Wildman–Crippen MR) is 167 cm³/mol. The van der Waals surface area contributed by atoms with Crippen molar-refractivity contribution in [2.45, 2.75) is 0 Å². The van der Waals surface area contributed by atoms with Crippen molar-refractivity contribution in [2.24, 2.45) is 0 Å². The lowest BCUT2D eigenvalue weighted by molar-refractivity contribution is 0.614. The van der Waals surface area contributed by atoms with Gasteiger partial charge in [0.05, 0.1) is 26.8 Å². The fraction of sp³-hybridized carbons (Fsp3) is 0. The van der Waals surface area contributed by atoms with Crippen LogP contribution in [-0.4, -0.2) is 0 Å². The molecule has 2 heteroatoms. The molecule has 9 aromatic rings. The van der Waals surface area contributed by atoms with Gasteiger partial charge in [-0.25, -0.2) is 0 Å². The van der Waals surface area contributed by atoms with Crippen molar-refractivity contribution >= 4 is 65.2 Å². The Morgan fingerprint density at radius 2 is 1.07 bits per heavy atom. The molecule has 2 aromatic heterocycles. The summed E-state index contributed by atoms with van der Waals surface area (Å²) in [5.41, 5.74) is 0.722. The van der Waals surface area contributed by atoms with Gasteiger partial charge in [-0.1, -0.05) is 109 Å². The van der Waals surface area contributed by atoms with Crippen molar-refractivity contribution in [1.29, 1.82) is 0 Å². The first-order valence-corrected chi connectivity index (χ1v) is 12.4. The van der Waals surface area contributed by atoms with E-state index in [1.54, 1.807) is 18.2 Å². The topological polar surface area (TPSA) is 26.3 Å². The summed E-state index contributed by atoms with van der Waals surface area (Å²) in [5, 5.41) is -0.115. The van der Waals surface area contributed by atoms with Crippen molar-refractivity contribution in [3.05, 3.63) is 133 Å². The molecule has 7 aromatic carbocycles. The van der Waals surface area contributed by atoms with Crippen molar-refractivity contribution < 1.29 is 29.4 Å². The second-order valence-corrected chi connectivity index (χ2v) is 9.34. The minimum atomic E-state index is -0.767. The van der Waals surface area contributed by atoms with E-state index in [0.29, 0.717) is 27.5 Å². The lowest BCUT2D eigenvalue weighted by atomic mass is 9.84. The van der Waals surface area contributed by atoms with Gasteiger partial charge in [0.2, 0.25) is 0 Å². The lowest BCUT2D eigenvalue weighted by Crippen LogP contribution is -1.91. The quantitative estimate of drug-likeness (QED) is 0.210. The molecular formula is C38H22O2. The van der Waals surface area contributed by atoms with Gasteiger partial charge < -0.3 is 8.83 Å². The fourth-order valence-corrected chi connectivity index (χ4v) is 5.58. The second kappa shape index (κ2) is 8.08. The molecule has 0 saturated heterocycles. The maximum Gasteiger partial charge on any atom is 0.139 e. The number of para-hydroxylation sites is 1. The van der Waals surface area contributed by atoms with E-state index in [4.69, 9.17) is 22.5 Å². The Hall–Kier alpha value is -5.34. The van der Waals surface area contributed by atoms with E-state index in [1.807, 2.05) is 18.2 Å². The summed E-state index contributed by atoms with van der Waals surface area (Å²) >= 11 is 0. The van der Waals surface area contributed by atoms with Crippen molar-refractivity contribution in [1.82, 2.24) is 0 Å². The third-order valence-electron chi connectivity index (χ3n) is 7.28. The first kappa shape index (κ1) is 11.8. The number of rotatable bonds is 2. The minimum absolute atomic E-state index is 0.0420. The Bertz CT molecular complexity index is 3180. The van der Waals surface area contributed by atoms with Gasteiger partial charge in [-0.15, -0.1) is 0 Å². The first-order chi connectivity index (χ1) is 26.1. The van der Waals surface area contributed by atoms with Crippen molar-refractivity contribution in [3.63, 3.8) is 0 Å². The van der Waals surface area contributed by atoms with Gasteiger partial charge in [0.25, 0.3) is 0 Å². The minimum Gasteiger partial charge on any atom is -0.464 e. The van der Waals surface area contributed by atoms with Crippen LogP contribution in [0.4, 0.5) is 0 Å². The molecule has 0 bridgehead atoms. The second-order valence-electron chi connectivity index (χ2n) is 9.34. The van der Waals surface area contributed by atoms with Gasteiger partial charge in [0.1, 0.15) is 16.7 Å². The molecule has 0 aliphatic rings. The van der Waals surface area contributed by atoms with Gasteiger partial charge in [-0.3, -0.25) is 0 Å². The highest BCUT2D eigenvalue weighted by Gasteiger charge is 2.21. The SMILES string of the molecule is [2H]c1c([2H])c([2H])c2c(-c3c4c([2H])c([2H])c([2H])c([2H])c4c(-c4coc5cc6oc7ccccc7c6cc45)c4c([2H])c([2H])c([2H])c([2H])c34)c([2H])c([2H])c([2H])c2c1[2H]. The molecule has 2 heterocycles. The first-order valence-electron chi connectivity index (χ1n) is 19.9. The molecule has 0 N–H and O–H groups in total. The summed E-state index contributed by atoms with van der Waals surface area (Å²) in [6.07, 6.45) is 1.32. The van der Waals surface area contributed by atoms with Gasteiger partial charge in [-0.05, 0) is 55.6 Å². The van der Waals surface area contributed by atoms with E-state index in [0.717, 1.165) is 5.39 Å². The summed E-state index contributed by atoms with van der Waals surface area (Å²) in [7, 11) is 0. The van der Waals surface area contributed by atoms with Crippen molar-refractivity contribution in [3.8, 4) is 22.3 Å². The Morgan fingerprint density at radius 1 is 0.450 bits per heavy atom. The Labute approximate surface area is 250 Å². The van der Waals surface area contributed by atoms with Crippen LogP contribution in [-0.2, 0) is 0 Å². The number of furan rings is 2. The highest BCUT2D eigenvalue weighted by Crippen LogP contribution is 2.47. The average molecular weight is 526 g/mol. The van der Waals surface area contributed by atoms with E-state index in [2.05, 4.69) is 0 Å². The molecule has 186 valence electrons. The molecule has 0 aliphatic heterocycles. The Balaban J connectivity index is 1.62. The third-order valence-corrected chi connectivity index (χ3v) is 7.28. The lowest BCUT2D eigenvalue weighted by Gasteiger charge is -2.18. The molecule has 0 fully saturated rings. The van der Waals surface area contributed by atoms with Gasteiger partial charge in [-0.2, -0.15) is 0 Å². The smallest absolute Gasteiger partial charge is 0.139 e. The molecular weight excluding hydrogens is 488 g/mol. The van der Waals surface area contributed by atoms with Crippen LogP contribution in [0.25, 0.3) is 87.5 Å². The molecule has 0 amide bonds. The third kappa shape index (κ3) is 2.93. The molecule has 2 nitrogen and oxygen atoms in total. The normalized spacial score (nSPS) is 17.2. The summed E-state index contributed by atoms with van der Waals surface area (Å²) in [6, 6.07) is 0.305. The zero-order chi connectivity index (χ0) is 39.3.